The van der Waals surface area contributed by atoms with E-state index in [4.69, 9.17) is 5.11 Å². The highest BCUT2D eigenvalue weighted by Crippen LogP contribution is 2.10. The third-order valence-corrected chi connectivity index (χ3v) is 2.13. The second kappa shape index (κ2) is 5.55. The zero-order chi connectivity index (χ0) is 12.1. The molecule has 1 aromatic rings. The SMILES string of the molecule is CCN(CC(=O)O)Cc1cc(F)cc(F)c1. The zero-order valence-corrected chi connectivity index (χ0v) is 8.91. The van der Waals surface area contributed by atoms with Crippen molar-refractivity contribution in [1.82, 2.24) is 4.90 Å². The predicted octanol–water partition coefficient (Wildman–Crippen LogP) is 1.87. The van der Waals surface area contributed by atoms with E-state index in [2.05, 4.69) is 0 Å². The van der Waals surface area contributed by atoms with Gasteiger partial charge >= 0.3 is 5.97 Å². The maximum Gasteiger partial charge on any atom is 0.317 e. The summed E-state index contributed by atoms with van der Waals surface area (Å²) in [6.45, 7) is 2.37. The maximum atomic E-state index is 12.9. The van der Waals surface area contributed by atoms with Crippen molar-refractivity contribution >= 4 is 5.97 Å². The molecule has 0 atom stereocenters. The molecule has 16 heavy (non-hydrogen) atoms. The van der Waals surface area contributed by atoms with Crippen LogP contribution in [0.15, 0.2) is 18.2 Å². The summed E-state index contributed by atoms with van der Waals surface area (Å²) in [6.07, 6.45) is 0. The van der Waals surface area contributed by atoms with Crippen LogP contribution >= 0.6 is 0 Å². The number of benzene rings is 1. The fourth-order valence-corrected chi connectivity index (χ4v) is 1.43. The highest BCUT2D eigenvalue weighted by atomic mass is 19.1. The smallest absolute Gasteiger partial charge is 0.317 e. The van der Waals surface area contributed by atoms with Gasteiger partial charge in [-0.25, -0.2) is 8.78 Å². The van der Waals surface area contributed by atoms with Gasteiger partial charge in [-0.1, -0.05) is 6.92 Å². The third-order valence-electron chi connectivity index (χ3n) is 2.13. The van der Waals surface area contributed by atoms with Gasteiger partial charge in [0.1, 0.15) is 11.6 Å². The van der Waals surface area contributed by atoms with Crippen LogP contribution in [0.4, 0.5) is 8.78 Å². The zero-order valence-electron chi connectivity index (χ0n) is 8.91. The number of rotatable bonds is 5. The average molecular weight is 229 g/mol. The standard InChI is InChI=1S/C11H13F2NO2/c1-2-14(7-11(15)16)6-8-3-9(12)5-10(13)4-8/h3-5H,2,6-7H2,1H3,(H,15,16). The molecule has 0 amide bonds. The molecule has 0 aromatic heterocycles. The third kappa shape index (κ3) is 3.94. The first-order valence-electron chi connectivity index (χ1n) is 4.90. The molecule has 1 N–H and O–H groups in total. The quantitative estimate of drug-likeness (QED) is 0.838. The first kappa shape index (κ1) is 12.6. The summed E-state index contributed by atoms with van der Waals surface area (Å²) >= 11 is 0. The molecule has 0 aliphatic rings. The lowest BCUT2D eigenvalue weighted by Gasteiger charge is -2.17. The van der Waals surface area contributed by atoms with Crippen LogP contribution in [0.2, 0.25) is 0 Å². The van der Waals surface area contributed by atoms with Crippen LogP contribution in [0, 0.1) is 11.6 Å². The van der Waals surface area contributed by atoms with Gasteiger partial charge in [-0.2, -0.15) is 0 Å². The summed E-state index contributed by atoms with van der Waals surface area (Å²) in [4.78, 5) is 12.1. The number of carboxylic acids is 1. The molecular weight excluding hydrogens is 216 g/mol. The van der Waals surface area contributed by atoms with E-state index in [0.717, 1.165) is 6.07 Å². The molecule has 0 saturated carbocycles. The Labute approximate surface area is 92.3 Å². The molecule has 0 spiro atoms. The van der Waals surface area contributed by atoms with Crippen LogP contribution in [0.1, 0.15) is 12.5 Å². The molecular formula is C11H13F2NO2. The minimum absolute atomic E-state index is 0.144. The number of carboxylic acid groups (broad SMARTS) is 1. The lowest BCUT2D eigenvalue weighted by molar-refractivity contribution is -0.138. The number of likely N-dealkylation sites (N-methyl/N-ethyl adjacent to an activating group) is 1. The molecule has 0 heterocycles. The van der Waals surface area contributed by atoms with Gasteiger partial charge in [0.2, 0.25) is 0 Å². The van der Waals surface area contributed by atoms with Gasteiger partial charge in [0.15, 0.2) is 0 Å². The van der Waals surface area contributed by atoms with Crippen LogP contribution in [-0.4, -0.2) is 29.1 Å². The lowest BCUT2D eigenvalue weighted by atomic mass is 10.2. The summed E-state index contributed by atoms with van der Waals surface area (Å²) < 4.78 is 25.7. The average Bonchev–Trinajstić information content (AvgIpc) is 2.14. The van der Waals surface area contributed by atoms with Crippen molar-refractivity contribution in [2.45, 2.75) is 13.5 Å². The predicted molar refractivity (Wildman–Crippen MR) is 54.9 cm³/mol. The topological polar surface area (TPSA) is 40.5 Å². The Morgan fingerprint density at radius 1 is 1.31 bits per heavy atom. The van der Waals surface area contributed by atoms with E-state index < -0.39 is 17.6 Å². The first-order valence-corrected chi connectivity index (χ1v) is 4.90. The maximum absolute atomic E-state index is 12.9. The summed E-state index contributed by atoms with van der Waals surface area (Å²) in [5.74, 6) is -2.26. The highest BCUT2D eigenvalue weighted by Gasteiger charge is 2.09. The van der Waals surface area contributed by atoms with Gasteiger partial charge in [0.25, 0.3) is 0 Å². The summed E-state index contributed by atoms with van der Waals surface area (Å²) in [7, 11) is 0. The van der Waals surface area contributed by atoms with Gasteiger partial charge in [-0.05, 0) is 24.2 Å². The summed E-state index contributed by atoms with van der Waals surface area (Å²) in [5.41, 5.74) is 0.431. The van der Waals surface area contributed by atoms with E-state index in [9.17, 15) is 13.6 Å². The normalized spacial score (nSPS) is 10.8. The minimum atomic E-state index is -0.960. The Hall–Kier alpha value is -1.49. The van der Waals surface area contributed by atoms with E-state index in [1.54, 1.807) is 11.8 Å². The molecule has 1 rings (SSSR count). The van der Waals surface area contributed by atoms with Crippen molar-refractivity contribution in [3.8, 4) is 0 Å². The number of carbonyl (C=O) groups is 1. The summed E-state index contributed by atoms with van der Waals surface area (Å²) in [5, 5.41) is 8.61. The van der Waals surface area contributed by atoms with Crippen LogP contribution in [0.3, 0.4) is 0 Å². The van der Waals surface area contributed by atoms with Crippen LogP contribution < -0.4 is 0 Å². The molecule has 88 valence electrons. The van der Waals surface area contributed by atoms with Crippen molar-refractivity contribution in [2.24, 2.45) is 0 Å². The highest BCUT2D eigenvalue weighted by molar-refractivity contribution is 5.69. The van der Waals surface area contributed by atoms with Gasteiger partial charge in [-0.3, -0.25) is 9.69 Å². The molecule has 0 aliphatic carbocycles. The molecule has 1 aromatic carbocycles. The van der Waals surface area contributed by atoms with Crippen molar-refractivity contribution in [2.75, 3.05) is 13.1 Å². The second-order valence-electron chi connectivity index (χ2n) is 3.47. The van der Waals surface area contributed by atoms with Gasteiger partial charge in [0.05, 0.1) is 6.54 Å². The van der Waals surface area contributed by atoms with E-state index in [0.29, 0.717) is 12.1 Å². The number of halogens is 2. The Kier molecular flexibility index (Phi) is 4.37. The largest absolute Gasteiger partial charge is 0.480 e. The van der Waals surface area contributed by atoms with E-state index in [1.807, 2.05) is 0 Å². The van der Waals surface area contributed by atoms with Crippen molar-refractivity contribution < 1.29 is 18.7 Å². The molecule has 0 aliphatic heterocycles. The van der Waals surface area contributed by atoms with Crippen molar-refractivity contribution in [1.29, 1.82) is 0 Å². The number of hydrogen-bond donors (Lipinski definition) is 1. The Morgan fingerprint density at radius 2 is 1.88 bits per heavy atom. The second-order valence-corrected chi connectivity index (χ2v) is 3.47. The Balaban J connectivity index is 2.73. The van der Waals surface area contributed by atoms with Gasteiger partial charge < -0.3 is 5.11 Å². The van der Waals surface area contributed by atoms with Crippen LogP contribution in [0.5, 0.6) is 0 Å². The molecule has 0 fully saturated rings. The monoisotopic (exact) mass is 229 g/mol. The molecule has 0 saturated heterocycles. The fourth-order valence-electron chi connectivity index (χ4n) is 1.43. The van der Waals surface area contributed by atoms with Crippen molar-refractivity contribution in [3.05, 3.63) is 35.4 Å². The Morgan fingerprint density at radius 3 is 2.31 bits per heavy atom. The van der Waals surface area contributed by atoms with E-state index in [1.165, 1.54) is 12.1 Å². The molecule has 5 heteroatoms. The minimum Gasteiger partial charge on any atom is -0.480 e. The number of hydrogen-bond acceptors (Lipinski definition) is 2. The van der Waals surface area contributed by atoms with E-state index in [-0.39, 0.29) is 13.1 Å². The summed E-state index contributed by atoms with van der Waals surface area (Å²) in [6, 6.07) is 3.19. The van der Waals surface area contributed by atoms with Gasteiger partial charge in [-0.15, -0.1) is 0 Å². The van der Waals surface area contributed by atoms with Crippen LogP contribution in [-0.2, 0) is 11.3 Å². The van der Waals surface area contributed by atoms with E-state index >= 15 is 0 Å². The number of aliphatic carboxylic acids is 1. The fraction of sp³-hybridized carbons (Fsp3) is 0.364. The molecule has 3 nitrogen and oxygen atoms in total. The Bertz CT molecular complexity index is 362. The van der Waals surface area contributed by atoms with Crippen molar-refractivity contribution in [3.63, 3.8) is 0 Å². The molecule has 0 unspecified atom stereocenters. The van der Waals surface area contributed by atoms with Gasteiger partial charge in [0, 0.05) is 12.6 Å². The molecule has 0 bridgehead atoms. The first-order chi connectivity index (χ1) is 7.51. The molecule has 0 radical (unpaired) electrons. The van der Waals surface area contributed by atoms with Crippen LogP contribution in [0.25, 0.3) is 0 Å². The lowest BCUT2D eigenvalue weighted by Crippen LogP contribution is -2.29. The number of nitrogens with zero attached hydrogens (tertiary/aromatic N) is 1.